The van der Waals surface area contributed by atoms with E-state index in [1.807, 2.05) is 12.1 Å². The number of nitrogens with zero attached hydrogens (tertiary/aromatic N) is 1. The average molecular weight is 406 g/mol. The molecule has 0 amide bonds. The van der Waals surface area contributed by atoms with Crippen LogP contribution in [0.5, 0.6) is 0 Å². The number of rotatable bonds is 6. The molecule has 1 aliphatic carbocycles. The molecule has 0 spiro atoms. The Morgan fingerprint density at radius 2 is 1.85 bits per heavy atom. The lowest BCUT2D eigenvalue weighted by atomic mass is 9.81. The quantitative estimate of drug-likeness (QED) is 0.579. The number of benzene rings is 2. The topological polar surface area (TPSA) is 63.7 Å². The van der Waals surface area contributed by atoms with Gasteiger partial charge in [-0.3, -0.25) is 0 Å². The molecule has 2 aromatic rings. The van der Waals surface area contributed by atoms with Crippen molar-refractivity contribution in [2.75, 3.05) is 10.8 Å². The van der Waals surface area contributed by atoms with E-state index in [0.29, 0.717) is 11.3 Å². The van der Waals surface area contributed by atoms with E-state index in [-0.39, 0.29) is 10.5 Å². The lowest BCUT2D eigenvalue weighted by Crippen LogP contribution is -2.22. The zero-order valence-electron chi connectivity index (χ0n) is 15.4. The van der Waals surface area contributed by atoms with Gasteiger partial charge in [-0.05, 0) is 54.7 Å². The monoisotopic (exact) mass is 405 g/mol. The number of hydrogen-bond donors (Lipinski definition) is 1. The molecule has 144 valence electrons. The van der Waals surface area contributed by atoms with Gasteiger partial charge >= 0.3 is 5.97 Å². The van der Waals surface area contributed by atoms with Crippen LogP contribution in [0.3, 0.4) is 0 Å². The molecular formula is C20H23NO4S2. The second-order valence-electron chi connectivity index (χ2n) is 6.88. The highest BCUT2D eigenvalue weighted by Crippen LogP contribution is 2.31. The number of thiol groups is 1. The number of ether oxygens (including phenoxy) is 1. The van der Waals surface area contributed by atoms with Crippen molar-refractivity contribution in [2.45, 2.75) is 37.5 Å². The first-order valence-corrected chi connectivity index (χ1v) is 10.7. The molecule has 0 radical (unpaired) electrons. The lowest BCUT2D eigenvalue weighted by Gasteiger charge is -2.25. The van der Waals surface area contributed by atoms with Crippen molar-refractivity contribution in [3.8, 4) is 0 Å². The summed E-state index contributed by atoms with van der Waals surface area (Å²) in [5.41, 5.74) is 2.52. The van der Waals surface area contributed by atoms with Crippen LogP contribution in [0.15, 0.2) is 47.4 Å². The molecule has 0 bridgehead atoms. The molecule has 1 aliphatic rings. The number of carbonyl (C=O) groups excluding carboxylic acids is 1. The predicted molar refractivity (Wildman–Crippen MR) is 109 cm³/mol. The van der Waals surface area contributed by atoms with Crippen LogP contribution in [0.4, 0.5) is 5.69 Å². The van der Waals surface area contributed by atoms with E-state index >= 15 is 0 Å². The summed E-state index contributed by atoms with van der Waals surface area (Å²) in [5, 5.41) is 0. The van der Waals surface area contributed by atoms with E-state index in [2.05, 4.69) is 12.8 Å². The molecule has 0 N–H and O–H groups in total. The highest BCUT2D eigenvalue weighted by atomic mass is 32.3. The van der Waals surface area contributed by atoms with Gasteiger partial charge < -0.3 is 4.74 Å². The van der Waals surface area contributed by atoms with E-state index in [1.165, 1.54) is 44.1 Å². The van der Waals surface area contributed by atoms with Crippen molar-refractivity contribution >= 4 is 34.5 Å². The molecule has 0 aromatic heterocycles. The maximum atomic E-state index is 12.9. The van der Waals surface area contributed by atoms with Gasteiger partial charge in [-0.1, -0.05) is 50.3 Å². The fraction of sp³-hybridized carbons (Fsp3) is 0.350. The largest absolute Gasteiger partial charge is 0.465 e. The Kier molecular flexibility index (Phi) is 5.81. The fourth-order valence-corrected chi connectivity index (χ4v) is 4.64. The molecule has 0 saturated heterocycles. The van der Waals surface area contributed by atoms with Crippen molar-refractivity contribution in [3.05, 3.63) is 59.2 Å². The number of aryl methyl sites for hydroxylation is 1. The van der Waals surface area contributed by atoms with Gasteiger partial charge in [0.2, 0.25) is 0 Å². The van der Waals surface area contributed by atoms with Gasteiger partial charge in [0.25, 0.3) is 10.0 Å². The summed E-state index contributed by atoms with van der Waals surface area (Å²) >= 11 is 4.21. The maximum Gasteiger partial charge on any atom is 0.338 e. The van der Waals surface area contributed by atoms with E-state index in [9.17, 15) is 13.2 Å². The lowest BCUT2D eigenvalue weighted by molar-refractivity contribution is 0.0599. The normalized spacial score (nSPS) is 14.5. The molecule has 1 fully saturated rings. The average Bonchev–Trinajstić information content (AvgIpc) is 2.64. The molecule has 27 heavy (non-hydrogen) atoms. The Hall–Kier alpha value is -1.99. The van der Waals surface area contributed by atoms with E-state index in [1.54, 1.807) is 25.1 Å². The highest BCUT2D eigenvalue weighted by Gasteiger charge is 2.25. The van der Waals surface area contributed by atoms with Crippen molar-refractivity contribution in [2.24, 2.45) is 5.92 Å². The Morgan fingerprint density at radius 3 is 2.41 bits per heavy atom. The SMILES string of the molecule is COC(=O)c1cc(S(=O)(=O)N(S)c2ccc(CC3CCC3)cc2)ccc1C. The summed E-state index contributed by atoms with van der Waals surface area (Å²) in [6.45, 7) is 1.72. The summed E-state index contributed by atoms with van der Waals surface area (Å²) < 4.78 is 31.5. The van der Waals surface area contributed by atoms with Crippen molar-refractivity contribution < 1.29 is 17.9 Å². The first-order chi connectivity index (χ1) is 12.8. The van der Waals surface area contributed by atoms with Gasteiger partial charge in [0.1, 0.15) is 0 Å². The molecule has 0 aliphatic heterocycles. The summed E-state index contributed by atoms with van der Waals surface area (Å²) in [4.78, 5) is 11.8. The van der Waals surface area contributed by atoms with E-state index < -0.39 is 16.0 Å². The van der Waals surface area contributed by atoms with Crippen LogP contribution in [0.1, 0.15) is 40.7 Å². The Morgan fingerprint density at radius 1 is 1.19 bits per heavy atom. The van der Waals surface area contributed by atoms with Crippen LogP contribution in [0.2, 0.25) is 0 Å². The first-order valence-electron chi connectivity index (χ1n) is 8.85. The van der Waals surface area contributed by atoms with Gasteiger partial charge in [-0.15, -0.1) is 0 Å². The second-order valence-corrected chi connectivity index (χ2v) is 9.34. The van der Waals surface area contributed by atoms with Crippen LogP contribution in [-0.4, -0.2) is 21.5 Å². The van der Waals surface area contributed by atoms with Crippen LogP contribution < -0.4 is 3.71 Å². The predicted octanol–water partition coefficient (Wildman–Crippen LogP) is 4.16. The molecule has 5 nitrogen and oxygen atoms in total. The van der Waals surface area contributed by atoms with Crippen molar-refractivity contribution in [1.82, 2.24) is 0 Å². The van der Waals surface area contributed by atoms with Crippen LogP contribution in [-0.2, 0) is 21.2 Å². The molecule has 2 aromatic carbocycles. The third-order valence-corrected chi connectivity index (χ3v) is 7.44. The van der Waals surface area contributed by atoms with Gasteiger partial charge in [0.15, 0.2) is 0 Å². The minimum Gasteiger partial charge on any atom is -0.465 e. The summed E-state index contributed by atoms with van der Waals surface area (Å²) in [5.74, 6) is 0.173. The molecule has 0 unspecified atom stereocenters. The third kappa shape index (κ3) is 4.14. The smallest absolute Gasteiger partial charge is 0.338 e. The van der Waals surface area contributed by atoms with Gasteiger partial charge in [-0.2, -0.15) is 0 Å². The fourth-order valence-electron chi connectivity index (χ4n) is 3.12. The number of anilines is 1. The standard InChI is InChI=1S/C20H23NO4S2/c1-14-6-11-18(13-19(14)20(22)25-2)27(23,24)21(26)17-9-7-16(8-10-17)12-15-4-3-5-15/h6-11,13,15,26H,3-5,12H2,1-2H3. The summed E-state index contributed by atoms with van der Waals surface area (Å²) in [7, 11) is -2.65. The minimum absolute atomic E-state index is 0.0120. The molecule has 1 saturated carbocycles. The van der Waals surface area contributed by atoms with Crippen LogP contribution >= 0.6 is 12.8 Å². The Balaban J connectivity index is 1.84. The highest BCUT2D eigenvalue weighted by molar-refractivity contribution is 8.06. The molecule has 7 heteroatoms. The summed E-state index contributed by atoms with van der Waals surface area (Å²) in [6, 6.07) is 11.8. The zero-order valence-corrected chi connectivity index (χ0v) is 17.1. The second kappa shape index (κ2) is 7.94. The number of methoxy groups -OCH3 is 1. The number of carbonyl (C=O) groups is 1. The zero-order chi connectivity index (χ0) is 19.6. The third-order valence-electron chi connectivity index (χ3n) is 5.05. The maximum absolute atomic E-state index is 12.9. The number of sulfonamides is 1. The number of esters is 1. The van der Waals surface area contributed by atoms with Crippen LogP contribution in [0, 0.1) is 12.8 Å². The molecule has 0 heterocycles. The molecular weight excluding hydrogens is 382 g/mol. The van der Waals surface area contributed by atoms with Crippen molar-refractivity contribution in [1.29, 1.82) is 0 Å². The van der Waals surface area contributed by atoms with Gasteiger partial charge in [0.05, 0.1) is 23.3 Å². The minimum atomic E-state index is -3.91. The van der Waals surface area contributed by atoms with Crippen molar-refractivity contribution in [3.63, 3.8) is 0 Å². The van der Waals surface area contributed by atoms with Gasteiger partial charge in [0, 0.05) is 0 Å². The summed E-state index contributed by atoms with van der Waals surface area (Å²) in [6.07, 6.45) is 4.87. The number of hydrogen-bond acceptors (Lipinski definition) is 5. The van der Waals surface area contributed by atoms with Crippen LogP contribution in [0.25, 0.3) is 0 Å². The Bertz CT molecular complexity index is 935. The Labute approximate surface area is 165 Å². The molecule has 3 rings (SSSR count). The first kappa shape index (κ1) is 19.8. The van der Waals surface area contributed by atoms with Gasteiger partial charge in [-0.25, -0.2) is 16.9 Å². The molecule has 0 atom stereocenters. The van der Waals surface area contributed by atoms with E-state index in [0.717, 1.165) is 16.0 Å². The van der Waals surface area contributed by atoms with E-state index in [4.69, 9.17) is 4.74 Å².